The molecule has 5 heteroatoms. The number of esters is 1. The lowest BCUT2D eigenvalue weighted by Gasteiger charge is -2.19. The van der Waals surface area contributed by atoms with Gasteiger partial charge in [0.2, 0.25) is 0 Å². The van der Waals surface area contributed by atoms with Gasteiger partial charge in [0.05, 0.1) is 24.8 Å². The van der Waals surface area contributed by atoms with Crippen LogP contribution in [-0.4, -0.2) is 30.7 Å². The Balaban J connectivity index is 2.84. The zero-order chi connectivity index (χ0) is 15.8. The predicted octanol–water partition coefficient (Wildman–Crippen LogP) is 2.52. The predicted molar refractivity (Wildman–Crippen MR) is 82.3 cm³/mol. The summed E-state index contributed by atoms with van der Waals surface area (Å²) in [5.74, 6) is -0.625. The average Bonchev–Trinajstić information content (AvgIpc) is 2.44. The molecule has 0 radical (unpaired) electrons. The molecular weight excluding hydrogens is 268 g/mol. The molecule has 0 aromatic rings. The van der Waals surface area contributed by atoms with Crippen LogP contribution in [0.25, 0.3) is 0 Å². The van der Waals surface area contributed by atoms with Crippen molar-refractivity contribution >= 4 is 17.6 Å². The highest BCUT2D eigenvalue weighted by Gasteiger charge is 2.21. The van der Waals surface area contributed by atoms with E-state index in [1.807, 2.05) is 19.9 Å². The summed E-state index contributed by atoms with van der Waals surface area (Å²) < 4.78 is 4.63. The fourth-order valence-electron chi connectivity index (χ4n) is 2.28. The smallest absolute Gasteiger partial charge is 0.307 e. The molecule has 1 aliphatic carbocycles. The van der Waals surface area contributed by atoms with E-state index in [1.165, 1.54) is 7.11 Å². The topological polar surface area (TPSA) is 79.2 Å². The fourth-order valence-corrected chi connectivity index (χ4v) is 2.28. The number of hydrogen-bond acceptors (Lipinski definition) is 4. The largest absolute Gasteiger partial charge is 0.469 e. The Hall–Kier alpha value is -1.91. The number of methoxy groups -OCH3 is 1. The van der Waals surface area contributed by atoms with Crippen molar-refractivity contribution in [3.63, 3.8) is 0 Å². The molecule has 1 unspecified atom stereocenters. The standard InChI is InChI=1S/C16H24N2O3/c1-4-12(10-14(19)21-3)18-16(20)15-11(2)8-6-5-7-9-13(15)17/h7,9,12,17H,4-6,8,10H2,1-3H3,(H,18,20)/b9-7-,15-11?,17-13?. The van der Waals surface area contributed by atoms with Crippen molar-refractivity contribution in [2.75, 3.05) is 7.11 Å². The van der Waals surface area contributed by atoms with Gasteiger partial charge in [0, 0.05) is 6.04 Å². The molecule has 0 bridgehead atoms. The summed E-state index contributed by atoms with van der Waals surface area (Å²) in [5, 5.41) is 10.9. The third-order valence-corrected chi connectivity index (χ3v) is 3.60. The molecule has 5 nitrogen and oxygen atoms in total. The van der Waals surface area contributed by atoms with E-state index in [4.69, 9.17) is 5.41 Å². The molecule has 0 aromatic heterocycles. The maximum Gasteiger partial charge on any atom is 0.307 e. The van der Waals surface area contributed by atoms with Crippen LogP contribution in [0.3, 0.4) is 0 Å². The van der Waals surface area contributed by atoms with E-state index in [9.17, 15) is 9.59 Å². The summed E-state index contributed by atoms with van der Waals surface area (Å²) in [6, 6.07) is -0.271. The molecule has 0 heterocycles. The highest BCUT2D eigenvalue weighted by atomic mass is 16.5. The number of ether oxygens (including phenoxy) is 1. The van der Waals surface area contributed by atoms with E-state index < -0.39 is 0 Å². The van der Waals surface area contributed by atoms with Gasteiger partial charge in [0.25, 0.3) is 5.91 Å². The van der Waals surface area contributed by atoms with Crippen molar-refractivity contribution in [2.45, 2.75) is 52.0 Å². The van der Waals surface area contributed by atoms with Crippen molar-refractivity contribution in [1.82, 2.24) is 5.32 Å². The minimum atomic E-state index is -0.347. The quantitative estimate of drug-likeness (QED) is 0.764. The first kappa shape index (κ1) is 17.1. The molecule has 1 aliphatic rings. The Morgan fingerprint density at radius 1 is 1.48 bits per heavy atom. The van der Waals surface area contributed by atoms with E-state index in [-0.39, 0.29) is 30.1 Å². The maximum atomic E-state index is 12.4. The maximum absolute atomic E-state index is 12.4. The first-order chi connectivity index (χ1) is 9.99. The van der Waals surface area contributed by atoms with Gasteiger partial charge < -0.3 is 15.5 Å². The van der Waals surface area contributed by atoms with Gasteiger partial charge in [-0.25, -0.2) is 0 Å². The summed E-state index contributed by atoms with van der Waals surface area (Å²) in [6.07, 6.45) is 7.10. The third kappa shape index (κ3) is 5.17. The summed E-state index contributed by atoms with van der Waals surface area (Å²) in [5.41, 5.74) is 1.58. The monoisotopic (exact) mass is 292 g/mol. The molecule has 0 saturated heterocycles. The molecule has 21 heavy (non-hydrogen) atoms. The number of amides is 1. The van der Waals surface area contributed by atoms with Crippen LogP contribution in [0, 0.1) is 5.41 Å². The van der Waals surface area contributed by atoms with Gasteiger partial charge in [-0.05, 0) is 38.7 Å². The highest BCUT2D eigenvalue weighted by Crippen LogP contribution is 2.18. The van der Waals surface area contributed by atoms with E-state index >= 15 is 0 Å². The lowest BCUT2D eigenvalue weighted by molar-refractivity contribution is -0.141. The molecule has 1 atom stereocenters. The molecule has 0 aliphatic heterocycles. The van der Waals surface area contributed by atoms with Crippen molar-refractivity contribution in [2.24, 2.45) is 0 Å². The molecule has 0 spiro atoms. The number of carbonyl (C=O) groups is 2. The Morgan fingerprint density at radius 3 is 2.81 bits per heavy atom. The molecule has 0 saturated carbocycles. The second kappa shape index (κ2) is 8.39. The molecule has 2 N–H and O–H groups in total. The second-order valence-corrected chi connectivity index (χ2v) is 5.22. The van der Waals surface area contributed by atoms with Gasteiger partial charge in [0.1, 0.15) is 0 Å². The fraction of sp³-hybridized carbons (Fsp3) is 0.562. The zero-order valence-corrected chi connectivity index (χ0v) is 13.0. The van der Waals surface area contributed by atoms with Gasteiger partial charge in [-0.1, -0.05) is 18.6 Å². The first-order valence-corrected chi connectivity index (χ1v) is 7.32. The molecule has 1 amide bonds. The summed E-state index contributed by atoms with van der Waals surface area (Å²) in [4.78, 5) is 23.8. The van der Waals surface area contributed by atoms with E-state index in [1.54, 1.807) is 6.08 Å². The number of carbonyl (C=O) groups excluding carboxylic acids is 2. The van der Waals surface area contributed by atoms with E-state index in [0.717, 1.165) is 24.8 Å². The van der Waals surface area contributed by atoms with Gasteiger partial charge in [0.15, 0.2) is 0 Å². The van der Waals surface area contributed by atoms with Crippen molar-refractivity contribution in [1.29, 1.82) is 5.41 Å². The molecule has 0 fully saturated rings. The van der Waals surface area contributed by atoms with Gasteiger partial charge in [-0.15, -0.1) is 0 Å². The van der Waals surface area contributed by atoms with Crippen LogP contribution >= 0.6 is 0 Å². The minimum absolute atomic E-state index is 0.147. The number of nitrogens with one attached hydrogen (secondary N) is 2. The number of rotatable bonds is 5. The van der Waals surface area contributed by atoms with Crippen molar-refractivity contribution in [3.05, 3.63) is 23.3 Å². The van der Waals surface area contributed by atoms with Crippen LogP contribution in [0.4, 0.5) is 0 Å². The Kier molecular flexibility index (Phi) is 6.85. The summed E-state index contributed by atoms with van der Waals surface area (Å²) >= 11 is 0. The lowest BCUT2D eigenvalue weighted by Crippen LogP contribution is -2.38. The lowest BCUT2D eigenvalue weighted by atomic mass is 9.95. The minimum Gasteiger partial charge on any atom is -0.469 e. The van der Waals surface area contributed by atoms with Gasteiger partial charge in [-0.3, -0.25) is 9.59 Å². The molecule has 116 valence electrons. The van der Waals surface area contributed by atoms with Crippen LogP contribution in [0.5, 0.6) is 0 Å². The van der Waals surface area contributed by atoms with E-state index in [2.05, 4.69) is 10.1 Å². The van der Waals surface area contributed by atoms with Crippen LogP contribution in [0.1, 0.15) is 46.0 Å². The van der Waals surface area contributed by atoms with Crippen molar-refractivity contribution < 1.29 is 14.3 Å². The normalized spacial score (nSPS) is 18.5. The van der Waals surface area contributed by atoms with Crippen LogP contribution in [0.2, 0.25) is 0 Å². The Bertz CT molecular complexity index is 478. The Morgan fingerprint density at radius 2 is 2.19 bits per heavy atom. The summed E-state index contributed by atoms with van der Waals surface area (Å²) in [7, 11) is 1.33. The van der Waals surface area contributed by atoms with Crippen LogP contribution in [0.15, 0.2) is 23.3 Å². The van der Waals surface area contributed by atoms with E-state index in [0.29, 0.717) is 12.0 Å². The van der Waals surface area contributed by atoms with Crippen molar-refractivity contribution in [3.8, 4) is 0 Å². The second-order valence-electron chi connectivity index (χ2n) is 5.22. The first-order valence-electron chi connectivity index (χ1n) is 7.32. The van der Waals surface area contributed by atoms with Gasteiger partial charge in [-0.2, -0.15) is 0 Å². The molecular formula is C16H24N2O3. The molecule has 0 aromatic carbocycles. The average molecular weight is 292 g/mol. The van der Waals surface area contributed by atoms with Gasteiger partial charge >= 0.3 is 5.97 Å². The SMILES string of the molecule is CCC(CC(=O)OC)NC(=O)C1=C(C)CCC/C=C\C1=N. The zero-order valence-electron chi connectivity index (χ0n) is 13.0. The summed E-state index contributed by atoms with van der Waals surface area (Å²) in [6.45, 7) is 3.79. The highest BCUT2D eigenvalue weighted by molar-refractivity contribution is 6.25. The number of hydrogen-bond donors (Lipinski definition) is 2. The third-order valence-electron chi connectivity index (χ3n) is 3.60. The molecule has 1 rings (SSSR count). The van der Waals surface area contributed by atoms with Crippen LogP contribution in [-0.2, 0) is 14.3 Å². The Labute approximate surface area is 126 Å². The number of allylic oxidation sites excluding steroid dienone is 3. The van der Waals surface area contributed by atoms with Crippen LogP contribution < -0.4 is 5.32 Å².